The molecule has 0 bridgehead atoms. The monoisotopic (exact) mass is 470 g/mol. The minimum absolute atomic E-state index is 0.0994. The molecule has 2 aromatic rings. The predicted octanol–water partition coefficient (Wildman–Crippen LogP) is 4.27. The molecule has 9 heteroatoms. The van der Waals surface area contributed by atoms with E-state index < -0.39 is 35.3 Å². The third-order valence-corrected chi connectivity index (χ3v) is 7.58. The number of cyclic esters (lactones) is 1. The second-order valence-electron chi connectivity index (χ2n) is 9.45. The number of amides is 3. The van der Waals surface area contributed by atoms with E-state index in [4.69, 9.17) is 4.74 Å². The van der Waals surface area contributed by atoms with Crippen molar-refractivity contribution < 1.29 is 23.1 Å². The third-order valence-electron chi connectivity index (χ3n) is 7.58. The number of pyridine rings is 1. The second-order valence-corrected chi connectivity index (χ2v) is 9.45. The number of imide groups is 1. The van der Waals surface area contributed by atoms with E-state index in [1.807, 2.05) is 18.3 Å². The average molecular weight is 471 g/mol. The van der Waals surface area contributed by atoms with Crippen LogP contribution in [-0.2, 0) is 4.74 Å². The van der Waals surface area contributed by atoms with Gasteiger partial charge in [0.1, 0.15) is 12.6 Å². The lowest BCUT2D eigenvalue weighted by atomic mass is 9.70. The Morgan fingerprint density at radius 1 is 1.15 bits per heavy atom. The summed E-state index contributed by atoms with van der Waals surface area (Å²) in [5.74, 6) is -1.35. The smallest absolute Gasteiger partial charge is 0.418 e. The van der Waals surface area contributed by atoms with Crippen molar-refractivity contribution in [3.8, 4) is 0 Å². The van der Waals surface area contributed by atoms with Gasteiger partial charge in [-0.05, 0) is 74.4 Å². The number of hydrogen-bond donors (Lipinski definition) is 2. The van der Waals surface area contributed by atoms with Crippen LogP contribution >= 0.6 is 0 Å². The summed E-state index contributed by atoms with van der Waals surface area (Å²) < 4.78 is 32.3. The number of urea groups is 1. The molecule has 0 radical (unpaired) electrons. The highest BCUT2D eigenvalue weighted by Crippen LogP contribution is 2.42. The van der Waals surface area contributed by atoms with Gasteiger partial charge in [-0.1, -0.05) is 12.1 Å². The molecule has 180 valence electrons. The Kier molecular flexibility index (Phi) is 6.20. The highest BCUT2D eigenvalue weighted by Gasteiger charge is 2.47. The van der Waals surface area contributed by atoms with Gasteiger partial charge in [0, 0.05) is 24.4 Å². The van der Waals surface area contributed by atoms with Crippen molar-refractivity contribution in [3.05, 3.63) is 65.5 Å². The van der Waals surface area contributed by atoms with Gasteiger partial charge >= 0.3 is 12.1 Å². The quantitative estimate of drug-likeness (QED) is 0.697. The zero-order chi connectivity index (χ0) is 23.7. The zero-order valence-corrected chi connectivity index (χ0v) is 18.8. The van der Waals surface area contributed by atoms with Gasteiger partial charge < -0.3 is 15.4 Å². The van der Waals surface area contributed by atoms with Crippen molar-refractivity contribution in [2.75, 3.05) is 19.7 Å². The van der Waals surface area contributed by atoms with E-state index in [1.165, 1.54) is 6.07 Å². The van der Waals surface area contributed by atoms with Crippen LogP contribution in [-0.4, -0.2) is 47.2 Å². The molecule has 5 rings (SSSR count). The standard InChI is InChI=1S/C25H28F2N4O3/c26-19-9-6-17(13-20(19)27)22-14-34-24(33)31(22)23(32)30-25(10-12-28-15-25)18-7-4-16(5-8-18)21-3-1-2-11-29-21/h1-3,6,9,11,13,16,18,22,28H,4-5,7-8,10,12,14-15H2,(H,30,32)/t16?,18?,22-,25+/m1/s1. The van der Waals surface area contributed by atoms with E-state index in [2.05, 4.69) is 21.7 Å². The molecule has 0 spiro atoms. The topological polar surface area (TPSA) is 83.6 Å². The van der Waals surface area contributed by atoms with E-state index in [9.17, 15) is 18.4 Å². The van der Waals surface area contributed by atoms with Crippen LogP contribution in [0.4, 0.5) is 18.4 Å². The van der Waals surface area contributed by atoms with Crippen molar-refractivity contribution >= 4 is 12.1 Å². The molecule has 3 amide bonds. The fourth-order valence-corrected chi connectivity index (χ4v) is 5.71. The van der Waals surface area contributed by atoms with Gasteiger partial charge in [-0.25, -0.2) is 23.3 Å². The lowest BCUT2D eigenvalue weighted by molar-refractivity contribution is 0.138. The molecular weight excluding hydrogens is 442 g/mol. The van der Waals surface area contributed by atoms with Crippen LogP contribution in [0.1, 0.15) is 55.3 Å². The van der Waals surface area contributed by atoms with E-state index in [0.29, 0.717) is 18.0 Å². The lowest BCUT2D eigenvalue weighted by Crippen LogP contribution is -2.59. The van der Waals surface area contributed by atoms with E-state index >= 15 is 0 Å². The van der Waals surface area contributed by atoms with Crippen molar-refractivity contribution in [2.45, 2.75) is 49.6 Å². The summed E-state index contributed by atoms with van der Waals surface area (Å²) in [6.07, 6.45) is 5.66. The minimum Gasteiger partial charge on any atom is -0.446 e. The summed E-state index contributed by atoms with van der Waals surface area (Å²) in [5.41, 5.74) is 0.945. The number of aromatic nitrogens is 1. The Balaban J connectivity index is 1.31. The first kappa shape index (κ1) is 22.7. The molecular formula is C25H28F2N4O3. The SMILES string of the molecule is O=C(N[C@@]1(C2CCC(c3ccccn3)CC2)CCNC1)N1C(=O)OC[C@@H]1c1ccc(F)c(F)c1. The van der Waals surface area contributed by atoms with Crippen LogP contribution < -0.4 is 10.6 Å². The molecule has 3 aliphatic rings. The Bertz CT molecular complexity index is 1050. The second kappa shape index (κ2) is 9.29. The molecule has 2 atom stereocenters. The third kappa shape index (κ3) is 4.24. The number of nitrogens with zero attached hydrogens (tertiary/aromatic N) is 2. The van der Waals surface area contributed by atoms with E-state index in [-0.39, 0.29) is 12.5 Å². The van der Waals surface area contributed by atoms with Gasteiger partial charge in [0.2, 0.25) is 0 Å². The van der Waals surface area contributed by atoms with Crippen molar-refractivity contribution in [1.29, 1.82) is 0 Å². The Morgan fingerprint density at radius 3 is 2.65 bits per heavy atom. The number of ether oxygens (including phenoxy) is 1. The maximum Gasteiger partial charge on any atom is 0.418 e. The highest BCUT2D eigenvalue weighted by atomic mass is 19.2. The summed E-state index contributed by atoms with van der Waals surface area (Å²) in [7, 11) is 0. The Hall–Kier alpha value is -3.07. The highest BCUT2D eigenvalue weighted by molar-refractivity contribution is 5.93. The van der Waals surface area contributed by atoms with Crippen molar-refractivity contribution in [2.24, 2.45) is 5.92 Å². The Morgan fingerprint density at radius 2 is 1.97 bits per heavy atom. The predicted molar refractivity (Wildman–Crippen MR) is 120 cm³/mol. The van der Waals surface area contributed by atoms with Gasteiger partial charge in [-0.15, -0.1) is 0 Å². The lowest BCUT2D eigenvalue weighted by Gasteiger charge is -2.42. The van der Waals surface area contributed by atoms with Gasteiger partial charge in [0.15, 0.2) is 11.6 Å². The molecule has 34 heavy (non-hydrogen) atoms. The van der Waals surface area contributed by atoms with E-state index in [1.54, 1.807) is 0 Å². The number of hydrogen-bond acceptors (Lipinski definition) is 5. The van der Waals surface area contributed by atoms with Crippen LogP contribution in [0, 0.1) is 17.6 Å². The molecule has 2 saturated heterocycles. The van der Waals surface area contributed by atoms with Gasteiger partial charge in [-0.2, -0.15) is 0 Å². The first-order chi connectivity index (χ1) is 16.5. The first-order valence-corrected chi connectivity index (χ1v) is 11.8. The van der Waals surface area contributed by atoms with Crippen molar-refractivity contribution in [1.82, 2.24) is 20.5 Å². The summed E-state index contributed by atoms with van der Waals surface area (Å²) in [6.45, 7) is 1.30. The molecule has 3 heterocycles. The Labute approximate surface area is 196 Å². The van der Waals surface area contributed by atoms with Crippen LogP contribution in [0.3, 0.4) is 0 Å². The number of carbonyl (C=O) groups is 2. The minimum atomic E-state index is -1.03. The van der Waals surface area contributed by atoms with E-state index in [0.717, 1.165) is 61.4 Å². The zero-order valence-electron chi connectivity index (χ0n) is 18.8. The number of benzene rings is 1. The summed E-state index contributed by atoms with van der Waals surface area (Å²) in [4.78, 5) is 31.3. The average Bonchev–Trinajstić information content (AvgIpc) is 3.49. The molecule has 1 saturated carbocycles. The number of carbonyl (C=O) groups excluding carboxylic acids is 2. The van der Waals surface area contributed by atoms with Crippen LogP contribution in [0.25, 0.3) is 0 Å². The summed E-state index contributed by atoms with van der Waals surface area (Å²) in [6, 6.07) is 7.99. The molecule has 1 aromatic carbocycles. The van der Waals surface area contributed by atoms with Crippen LogP contribution in [0.15, 0.2) is 42.6 Å². The largest absolute Gasteiger partial charge is 0.446 e. The molecule has 1 aliphatic carbocycles. The number of halogens is 2. The summed E-state index contributed by atoms with van der Waals surface area (Å²) >= 11 is 0. The molecule has 3 fully saturated rings. The maximum atomic E-state index is 13.8. The van der Waals surface area contributed by atoms with Gasteiger partial charge in [0.25, 0.3) is 0 Å². The fraction of sp³-hybridized carbons (Fsp3) is 0.480. The maximum absolute atomic E-state index is 13.8. The first-order valence-electron chi connectivity index (χ1n) is 11.8. The fourth-order valence-electron chi connectivity index (χ4n) is 5.71. The van der Waals surface area contributed by atoms with Gasteiger partial charge in [-0.3, -0.25) is 4.98 Å². The van der Waals surface area contributed by atoms with Gasteiger partial charge in [0.05, 0.1) is 5.54 Å². The summed E-state index contributed by atoms with van der Waals surface area (Å²) in [5, 5.41) is 6.52. The molecule has 2 N–H and O–H groups in total. The molecule has 1 aromatic heterocycles. The molecule has 0 unspecified atom stereocenters. The number of nitrogens with one attached hydrogen (secondary N) is 2. The molecule has 7 nitrogen and oxygen atoms in total. The normalized spacial score (nSPS) is 29.2. The van der Waals surface area contributed by atoms with Crippen LogP contribution in [0.2, 0.25) is 0 Å². The van der Waals surface area contributed by atoms with Crippen LogP contribution in [0.5, 0.6) is 0 Å². The molecule has 2 aliphatic heterocycles. The van der Waals surface area contributed by atoms with Crippen molar-refractivity contribution in [3.63, 3.8) is 0 Å². The number of rotatable bonds is 4.